The molecule has 4 nitrogen and oxygen atoms in total. The average molecular weight is 647 g/mol. The molecule has 0 amide bonds. The zero-order valence-electron chi connectivity index (χ0n) is 28.9. The second kappa shape index (κ2) is 12.2. The fourth-order valence-corrected chi connectivity index (χ4v) is 13.3. The molecule has 8 aliphatic carbocycles. The van der Waals surface area contributed by atoms with Crippen LogP contribution in [0.25, 0.3) is 0 Å². The Hall–Kier alpha value is -3.40. The van der Waals surface area contributed by atoms with Gasteiger partial charge in [-0.2, -0.15) is 0 Å². The van der Waals surface area contributed by atoms with Gasteiger partial charge in [-0.25, -0.2) is 0 Å². The summed E-state index contributed by atoms with van der Waals surface area (Å²) >= 11 is 0. The van der Waals surface area contributed by atoms with E-state index in [1.165, 1.54) is 81.8 Å². The normalized spacial score (nSPS) is 36.8. The van der Waals surface area contributed by atoms with Gasteiger partial charge in [0, 0.05) is 34.1 Å². The number of ether oxygens (including phenoxy) is 4. The summed E-state index contributed by atoms with van der Waals surface area (Å²) in [6.07, 6.45) is 23.6. The van der Waals surface area contributed by atoms with Crippen LogP contribution in [0.15, 0.2) is 87.0 Å². The van der Waals surface area contributed by atoms with Crippen LogP contribution in [0.3, 0.4) is 0 Å². The van der Waals surface area contributed by atoms with E-state index in [4.69, 9.17) is 18.9 Å². The first kappa shape index (κ1) is 31.8. The van der Waals surface area contributed by atoms with Crippen LogP contribution in [0.1, 0.15) is 88.2 Å². The molecule has 4 heteroatoms. The molecule has 8 aliphatic rings. The molecule has 2 aromatic carbocycles. The summed E-state index contributed by atoms with van der Waals surface area (Å²) in [5.74, 6) is 7.05. The van der Waals surface area contributed by atoms with Crippen LogP contribution in [-0.4, -0.2) is 26.4 Å². The fraction of sp³-hybridized carbons (Fsp3) is 0.545. The first-order chi connectivity index (χ1) is 23.4. The quantitative estimate of drug-likeness (QED) is 0.181. The van der Waals surface area contributed by atoms with Crippen molar-refractivity contribution in [2.24, 2.45) is 34.5 Å². The third-order valence-electron chi connectivity index (χ3n) is 13.7. The van der Waals surface area contributed by atoms with Gasteiger partial charge in [0.15, 0.2) is 0 Å². The highest BCUT2D eigenvalue weighted by molar-refractivity contribution is 5.52. The van der Waals surface area contributed by atoms with E-state index in [1.54, 1.807) is 12.2 Å². The lowest BCUT2D eigenvalue weighted by molar-refractivity contribution is -0.213. The molecule has 0 N–H and O–H groups in total. The van der Waals surface area contributed by atoms with Gasteiger partial charge in [0.25, 0.3) is 0 Å². The Balaban J connectivity index is 1.29. The number of hydrogen-bond acceptors (Lipinski definition) is 4. The molecule has 10 rings (SSSR count). The smallest absolute Gasteiger partial charge is 0.127 e. The highest BCUT2D eigenvalue weighted by Gasteiger charge is 2.71. The van der Waals surface area contributed by atoms with E-state index in [-0.39, 0.29) is 10.8 Å². The molecule has 2 unspecified atom stereocenters. The molecule has 0 spiro atoms. The summed E-state index contributed by atoms with van der Waals surface area (Å²) in [7, 11) is 0. The van der Waals surface area contributed by atoms with Gasteiger partial charge in [-0.3, -0.25) is 0 Å². The maximum Gasteiger partial charge on any atom is 0.127 e. The topological polar surface area (TPSA) is 36.9 Å². The zero-order chi connectivity index (χ0) is 33.0. The lowest BCUT2D eigenvalue weighted by Gasteiger charge is -2.75. The molecular formula is C44H54O4. The Bertz CT molecular complexity index is 1460. The van der Waals surface area contributed by atoms with Crippen molar-refractivity contribution in [1.29, 1.82) is 0 Å². The summed E-state index contributed by atoms with van der Waals surface area (Å²) in [4.78, 5) is 0. The van der Waals surface area contributed by atoms with E-state index in [0.717, 1.165) is 47.2 Å². The van der Waals surface area contributed by atoms with E-state index in [9.17, 15) is 0 Å². The Labute approximate surface area is 288 Å². The number of rotatable bonds is 15. The lowest BCUT2D eigenvalue weighted by Crippen LogP contribution is -2.67. The van der Waals surface area contributed by atoms with E-state index >= 15 is 0 Å². The Kier molecular flexibility index (Phi) is 8.08. The summed E-state index contributed by atoms with van der Waals surface area (Å²) in [6.45, 7) is 17.6. The number of benzene rings is 2. The van der Waals surface area contributed by atoms with Gasteiger partial charge < -0.3 is 18.9 Å². The highest BCUT2D eigenvalue weighted by atomic mass is 16.5. The Morgan fingerprint density at radius 3 is 1.35 bits per heavy atom. The second-order valence-corrected chi connectivity index (χ2v) is 16.8. The van der Waals surface area contributed by atoms with Crippen LogP contribution >= 0.6 is 0 Å². The maximum atomic E-state index is 6.56. The van der Waals surface area contributed by atoms with Crippen LogP contribution in [0.2, 0.25) is 0 Å². The third-order valence-corrected chi connectivity index (χ3v) is 13.7. The number of hydrogen-bond donors (Lipinski definition) is 0. The van der Waals surface area contributed by atoms with Crippen molar-refractivity contribution in [2.75, 3.05) is 26.4 Å². The molecule has 0 heterocycles. The highest BCUT2D eigenvalue weighted by Crippen LogP contribution is 2.80. The van der Waals surface area contributed by atoms with Crippen molar-refractivity contribution in [3.63, 3.8) is 0 Å². The van der Waals surface area contributed by atoms with Crippen molar-refractivity contribution in [1.82, 2.24) is 0 Å². The van der Waals surface area contributed by atoms with Gasteiger partial charge in [-0.05, 0) is 124 Å². The van der Waals surface area contributed by atoms with Gasteiger partial charge in [0.1, 0.15) is 49.4 Å². The van der Waals surface area contributed by atoms with E-state index < -0.39 is 0 Å². The van der Waals surface area contributed by atoms with Crippen LogP contribution < -0.4 is 18.9 Å². The van der Waals surface area contributed by atoms with Gasteiger partial charge in [0.05, 0.1) is 0 Å². The molecular weight excluding hydrogens is 592 g/mol. The molecule has 2 atom stereocenters. The van der Waals surface area contributed by atoms with Gasteiger partial charge >= 0.3 is 0 Å². The molecule has 254 valence electrons. The summed E-state index contributed by atoms with van der Waals surface area (Å²) in [5, 5.41) is 0. The molecule has 8 fully saturated rings. The Morgan fingerprint density at radius 2 is 0.917 bits per heavy atom. The predicted molar refractivity (Wildman–Crippen MR) is 193 cm³/mol. The minimum Gasteiger partial charge on any atom is -0.489 e. The molecule has 2 aromatic rings. The molecule has 0 aliphatic heterocycles. The van der Waals surface area contributed by atoms with Crippen molar-refractivity contribution < 1.29 is 18.9 Å². The largest absolute Gasteiger partial charge is 0.489 e. The predicted octanol–water partition coefficient (Wildman–Crippen LogP) is 10.3. The van der Waals surface area contributed by atoms with Crippen molar-refractivity contribution in [3.8, 4) is 23.0 Å². The van der Waals surface area contributed by atoms with Crippen LogP contribution in [0.4, 0.5) is 0 Å². The molecule has 0 aromatic heterocycles. The molecule has 0 radical (unpaired) electrons. The summed E-state index contributed by atoms with van der Waals surface area (Å²) in [6, 6.07) is 13.3. The first-order valence-corrected chi connectivity index (χ1v) is 18.6. The van der Waals surface area contributed by atoms with E-state index in [1.807, 2.05) is 12.2 Å². The van der Waals surface area contributed by atoms with Gasteiger partial charge in [0.2, 0.25) is 0 Å². The average Bonchev–Trinajstić information content (AvgIpc) is 3.06. The molecule has 0 saturated heterocycles. The van der Waals surface area contributed by atoms with Crippen LogP contribution in [0.5, 0.6) is 23.0 Å². The van der Waals surface area contributed by atoms with Gasteiger partial charge in [-0.15, -0.1) is 0 Å². The second-order valence-electron chi connectivity index (χ2n) is 16.8. The Morgan fingerprint density at radius 1 is 0.500 bits per heavy atom. The summed E-state index contributed by atoms with van der Waals surface area (Å²) in [5.41, 5.74) is 3.54. The van der Waals surface area contributed by atoms with Crippen molar-refractivity contribution in [2.45, 2.75) is 87.9 Å². The fourth-order valence-electron chi connectivity index (χ4n) is 13.3. The lowest BCUT2D eigenvalue weighted by atomic mass is 9.29. The van der Waals surface area contributed by atoms with Crippen molar-refractivity contribution in [3.05, 3.63) is 98.1 Å². The standard InChI is InChI=1S/C44H54O4/c1-5-13-45-35-9-11-37(39(20-35)47-15-7-3)41-22-34-23-42(28-41,38-12-10-36(46-14-6-2)21-40(38)48-16-8-4)30-44(27-34,29-41)43-24-31-17-32(25-43)19-33(18-31)26-43/h5-12,20-21,31-34H,1-4,13-19,22-30H2. The monoisotopic (exact) mass is 646 g/mol. The minimum absolute atomic E-state index is 0.0178. The van der Waals surface area contributed by atoms with E-state index in [2.05, 4.69) is 62.7 Å². The first-order valence-electron chi connectivity index (χ1n) is 18.6. The van der Waals surface area contributed by atoms with Crippen LogP contribution in [0, 0.1) is 34.5 Å². The zero-order valence-corrected chi connectivity index (χ0v) is 28.9. The van der Waals surface area contributed by atoms with Gasteiger partial charge in [-0.1, -0.05) is 62.8 Å². The molecule has 8 saturated carbocycles. The minimum atomic E-state index is 0.0178. The third kappa shape index (κ3) is 5.15. The SMILES string of the molecule is C=CCOc1ccc(C23CC4CC(c5ccc(OCC=C)cc5OCC=C)(C2)CC(C25CC6CC(CC(C6)C2)C5)(C4)C3)c(OCC=C)c1. The van der Waals surface area contributed by atoms with Crippen molar-refractivity contribution >= 4 is 0 Å². The summed E-state index contributed by atoms with van der Waals surface area (Å²) < 4.78 is 25.2. The van der Waals surface area contributed by atoms with E-state index in [0.29, 0.717) is 43.2 Å². The maximum absolute atomic E-state index is 6.56. The van der Waals surface area contributed by atoms with Crippen LogP contribution in [-0.2, 0) is 10.8 Å². The molecule has 48 heavy (non-hydrogen) atoms. The molecule has 8 bridgehead atoms.